The van der Waals surface area contributed by atoms with E-state index in [-0.39, 0.29) is 13.2 Å². The van der Waals surface area contributed by atoms with E-state index in [9.17, 15) is 0 Å². The van der Waals surface area contributed by atoms with Crippen molar-refractivity contribution in [1.82, 2.24) is 19.6 Å². The molecule has 0 amide bonds. The third-order valence-electron chi connectivity index (χ3n) is 5.90. The van der Waals surface area contributed by atoms with Crippen LogP contribution in [0.4, 0.5) is 0 Å². The van der Waals surface area contributed by atoms with Crippen LogP contribution in [0.2, 0.25) is 0 Å². The Balaban J connectivity index is 4.44. The summed E-state index contributed by atoms with van der Waals surface area (Å²) in [7, 11) is 0. The zero-order valence-corrected chi connectivity index (χ0v) is 20.1. The van der Waals surface area contributed by atoms with Crippen LogP contribution in [0.5, 0.6) is 0 Å². The Kier molecular flexibility index (Phi) is 20.8. The summed E-state index contributed by atoms with van der Waals surface area (Å²) in [4.78, 5) is 10.1. The smallest absolute Gasteiger partial charge is 0.0443 e. The van der Waals surface area contributed by atoms with Crippen LogP contribution in [0.1, 0.15) is 59.8 Å². The largest absolute Gasteiger partial charge is 0.396 e. The van der Waals surface area contributed by atoms with E-state index < -0.39 is 0 Å². The molecule has 0 aliphatic rings. The molecule has 0 heterocycles. The van der Waals surface area contributed by atoms with Crippen LogP contribution in [-0.4, -0.2) is 122 Å². The Hall–Kier alpha value is -0.240. The first-order valence-electron chi connectivity index (χ1n) is 12.3. The van der Waals surface area contributed by atoms with Gasteiger partial charge in [-0.25, -0.2) is 0 Å². The predicted molar refractivity (Wildman–Crippen MR) is 126 cm³/mol. The van der Waals surface area contributed by atoms with Crippen molar-refractivity contribution < 1.29 is 10.2 Å². The average Bonchev–Trinajstić information content (AvgIpc) is 2.75. The lowest BCUT2D eigenvalue weighted by Crippen LogP contribution is -2.35. The van der Waals surface area contributed by atoms with Crippen molar-refractivity contribution in [2.45, 2.75) is 59.8 Å². The Morgan fingerprint density at radius 2 is 0.621 bits per heavy atom. The molecule has 0 rings (SSSR count). The minimum atomic E-state index is 0.248. The van der Waals surface area contributed by atoms with Crippen LogP contribution in [0.3, 0.4) is 0 Å². The van der Waals surface area contributed by atoms with Gasteiger partial charge >= 0.3 is 0 Å². The number of hydrogen-bond acceptors (Lipinski definition) is 6. The predicted octanol–water partition coefficient (Wildman–Crippen LogP) is 2.21. The molecule has 6 nitrogen and oxygen atoms in total. The van der Waals surface area contributed by atoms with Crippen LogP contribution in [0.15, 0.2) is 0 Å². The first-order chi connectivity index (χ1) is 14.1. The molecular formula is C23H52N4O2. The standard InChI is InChI=1S/C23H52N4O2/c1-5-24(6-2)14-9-16-26(17-10-15-25(7-3)8-4)18-11-19-27(20-12-22-28)21-13-23-29/h28-29H,5-23H2,1-4H3. The lowest BCUT2D eigenvalue weighted by molar-refractivity contribution is 0.181. The van der Waals surface area contributed by atoms with Gasteiger partial charge in [-0.15, -0.1) is 0 Å². The normalized spacial score (nSPS) is 12.2. The van der Waals surface area contributed by atoms with Gasteiger partial charge in [0.25, 0.3) is 0 Å². The lowest BCUT2D eigenvalue weighted by atomic mass is 10.2. The summed E-state index contributed by atoms with van der Waals surface area (Å²) in [5, 5.41) is 18.3. The average molecular weight is 417 g/mol. The van der Waals surface area contributed by atoms with E-state index in [1.807, 2.05) is 0 Å². The summed E-state index contributed by atoms with van der Waals surface area (Å²) < 4.78 is 0. The molecule has 0 saturated carbocycles. The highest BCUT2D eigenvalue weighted by Crippen LogP contribution is 2.03. The van der Waals surface area contributed by atoms with Gasteiger partial charge in [0.2, 0.25) is 0 Å². The molecule has 0 aromatic rings. The molecule has 0 aliphatic heterocycles. The highest BCUT2D eigenvalue weighted by molar-refractivity contribution is 4.66. The molecule has 0 atom stereocenters. The molecule has 0 aliphatic carbocycles. The number of nitrogens with zero attached hydrogens (tertiary/aromatic N) is 4. The highest BCUT2D eigenvalue weighted by atomic mass is 16.3. The summed E-state index contributed by atoms with van der Waals surface area (Å²) in [5.41, 5.74) is 0. The summed E-state index contributed by atoms with van der Waals surface area (Å²) in [6.07, 6.45) is 5.29. The molecule has 0 spiro atoms. The SMILES string of the molecule is CCN(CC)CCCN(CCCN(CC)CC)CCCN(CCCO)CCCO. The van der Waals surface area contributed by atoms with Crippen molar-refractivity contribution in [1.29, 1.82) is 0 Å². The monoisotopic (exact) mass is 416 g/mol. The Morgan fingerprint density at radius 1 is 0.379 bits per heavy atom. The maximum absolute atomic E-state index is 9.13. The molecule has 2 N–H and O–H groups in total. The second kappa shape index (κ2) is 21.0. The number of aliphatic hydroxyl groups excluding tert-OH is 2. The maximum atomic E-state index is 9.13. The van der Waals surface area contributed by atoms with Gasteiger partial charge in [-0.05, 0) is 97.6 Å². The molecular weight excluding hydrogens is 364 g/mol. The van der Waals surface area contributed by atoms with E-state index in [1.165, 1.54) is 39.0 Å². The topological polar surface area (TPSA) is 53.4 Å². The van der Waals surface area contributed by atoms with E-state index in [4.69, 9.17) is 10.2 Å². The van der Waals surface area contributed by atoms with Gasteiger partial charge in [-0.2, -0.15) is 0 Å². The van der Waals surface area contributed by atoms with Gasteiger partial charge in [0.05, 0.1) is 0 Å². The van der Waals surface area contributed by atoms with Crippen LogP contribution in [-0.2, 0) is 0 Å². The quantitative estimate of drug-likeness (QED) is 0.282. The van der Waals surface area contributed by atoms with Gasteiger partial charge < -0.3 is 29.8 Å². The molecule has 0 unspecified atom stereocenters. The van der Waals surface area contributed by atoms with E-state index in [0.717, 1.165) is 71.6 Å². The third kappa shape index (κ3) is 16.2. The summed E-state index contributed by atoms with van der Waals surface area (Å²) in [6.45, 7) is 22.9. The molecule has 176 valence electrons. The number of rotatable bonds is 22. The maximum Gasteiger partial charge on any atom is 0.0443 e. The van der Waals surface area contributed by atoms with Gasteiger partial charge in [0.15, 0.2) is 0 Å². The molecule has 0 aromatic carbocycles. The third-order valence-corrected chi connectivity index (χ3v) is 5.90. The zero-order chi connectivity index (χ0) is 21.7. The Morgan fingerprint density at radius 3 is 0.862 bits per heavy atom. The molecule has 0 bridgehead atoms. The van der Waals surface area contributed by atoms with Crippen LogP contribution >= 0.6 is 0 Å². The first-order valence-corrected chi connectivity index (χ1v) is 12.3. The second-order valence-electron chi connectivity index (χ2n) is 7.95. The molecule has 0 saturated heterocycles. The van der Waals surface area contributed by atoms with Gasteiger partial charge in [0.1, 0.15) is 0 Å². The summed E-state index contributed by atoms with van der Waals surface area (Å²) in [5.74, 6) is 0. The van der Waals surface area contributed by atoms with Crippen LogP contribution < -0.4 is 0 Å². The second-order valence-corrected chi connectivity index (χ2v) is 7.95. The number of aliphatic hydroxyl groups is 2. The first kappa shape index (κ1) is 28.8. The van der Waals surface area contributed by atoms with Gasteiger partial charge in [-0.1, -0.05) is 27.7 Å². The minimum Gasteiger partial charge on any atom is -0.396 e. The van der Waals surface area contributed by atoms with Gasteiger partial charge in [-0.3, -0.25) is 0 Å². The van der Waals surface area contributed by atoms with Gasteiger partial charge in [0, 0.05) is 26.3 Å². The molecule has 0 radical (unpaired) electrons. The highest BCUT2D eigenvalue weighted by Gasteiger charge is 2.10. The van der Waals surface area contributed by atoms with Crippen molar-refractivity contribution in [2.24, 2.45) is 0 Å². The van der Waals surface area contributed by atoms with E-state index in [1.54, 1.807) is 0 Å². The van der Waals surface area contributed by atoms with Crippen LogP contribution in [0, 0.1) is 0 Å². The fourth-order valence-corrected chi connectivity index (χ4v) is 3.89. The van der Waals surface area contributed by atoms with E-state index >= 15 is 0 Å². The molecule has 0 fully saturated rings. The van der Waals surface area contributed by atoms with Crippen molar-refractivity contribution in [3.8, 4) is 0 Å². The minimum absolute atomic E-state index is 0.248. The zero-order valence-electron chi connectivity index (χ0n) is 20.1. The fourth-order valence-electron chi connectivity index (χ4n) is 3.89. The fraction of sp³-hybridized carbons (Fsp3) is 1.00. The van der Waals surface area contributed by atoms with E-state index in [2.05, 4.69) is 47.3 Å². The van der Waals surface area contributed by atoms with Crippen molar-refractivity contribution in [3.05, 3.63) is 0 Å². The Bertz CT molecular complexity index is 300. The van der Waals surface area contributed by atoms with E-state index in [0.29, 0.717) is 0 Å². The summed E-state index contributed by atoms with van der Waals surface area (Å²) >= 11 is 0. The molecule has 0 aromatic heterocycles. The van der Waals surface area contributed by atoms with Crippen LogP contribution in [0.25, 0.3) is 0 Å². The number of hydrogen-bond donors (Lipinski definition) is 2. The lowest BCUT2D eigenvalue weighted by Gasteiger charge is -2.27. The van der Waals surface area contributed by atoms with Crippen molar-refractivity contribution in [3.63, 3.8) is 0 Å². The summed E-state index contributed by atoms with van der Waals surface area (Å²) in [6, 6.07) is 0. The Labute approximate surface area is 181 Å². The van der Waals surface area contributed by atoms with Crippen molar-refractivity contribution >= 4 is 0 Å². The molecule has 29 heavy (non-hydrogen) atoms. The van der Waals surface area contributed by atoms with Crippen molar-refractivity contribution in [2.75, 3.05) is 91.8 Å². The molecule has 6 heteroatoms.